The van der Waals surface area contributed by atoms with Gasteiger partial charge in [0, 0.05) is 12.6 Å². The summed E-state index contributed by atoms with van der Waals surface area (Å²) < 4.78 is 32.7. The van der Waals surface area contributed by atoms with E-state index in [0.29, 0.717) is 23.9 Å². The lowest BCUT2D eigenvalue weighted by Crippen LogP contribution is -2.49. The van der Waals surface area contributed by atoms with Gasteiger partial charge >= 0.3 is 0 Å². The van der Waals surface area contributed by atoms with E-state index in [-0.39, 0.29) is 10.9 Å². The molecular formula is C14H22N2O3S. The molecular weight excluding hydrogens is 276 g/mol. The Morgan fingerprint density at radius 1 is 1.15 bits per heavy atom. The molecule has 2 fully saturated rings. The summed E-state index contributed by atoms with van der Waals surface area (Å²) in [6, 6.07) is 0.177. The Hall–Kier alpha value is -0.880. The maximum Gasteiger partial charge on any atom is 0.248 e. The fraction of sp³-hybridized carbons (Fsp3) is 0.786. The monoisotopic (exact) mass is 298 g/mol. The van der Waals surface area contributed by atoms with Crippen molar-refractivity contribution in [2.24, 2.45) is 5.92 Å². The van der Waals surface area contributed by atoms with Gasteiger partial charge in [-0.3, -0.25) is 0 Å². The third-order valence-electron chi connectivity index (χ3n) is 4.73. The lowest BCUT2D eigenvalue weighted by Gasteiger charge is -2.43. The number of aryl methyl sites for hydroxylation is 2. The number of rotatable bonds is 2. The summed E-state index contributed by atoms with van der Waals surface area (Å²) in [6.45, 7) is 4.01. The molecule has 1 saturated heterocycles. The Kier molecular flexibility index (Phi) is 3.62. The maximum atomic E-state index is 13.0. The van der Waals surface area contributed by atoms with E-state index in [1.54, 1.807) is 18.2 Å². The van der Waals surface area contributed by atoms with Gasteiger partial charge in [-0.15, -0.1) is 0 Å². The van der Waals surface area contributed by atoms with Gasteiger partial charge in [0.2, 0.25) is 10.0 Å². The summed E-state index contributed by atoms with van der Waals surface area (Å²) in [7, 11) is -3.47. The van der Waals surface area contributed by atoms with Gasteiger partial charge in [-0.2, -0.15) is 4.31 Å². The molecule has 6 heteroatoms. The SMILES string of the molecule is Cc1noc(C)c1S(=O)(=O)N1CCC[C@@H]2CCCC[C@H]21. The fourth-order valence-corrected chi connectivity index (χ4v) is 5.89. The van der Waals surface area contributed by atoms with Crippen LogP contribution >= 0.6 is 0 Å². The Labute approximate surface area is 120 Å². The Morgan fingerprint density at radius 3 is 2.55 bits per heavy atom. The quantitative estimate of drug-likeness (QED) is 0.842. The summed E-state index contributed by atoms with van der Waals surface area (Å²) in [6.07, 6.45) is 6.66. The third kappa shape index (κ3) is 2.19. The highest BCUT2D eigenvalue weighted by atomic mass is 32.2. The van der Waals surface area contributed by atoms with Crippen molar-refractivity contribution in [3.05, 3.63) is 11.5 Å². The van der Waals surface area contributed by atoms with Gasteiger partial charge in [0.1, 0.15) is 10.6 Å². The van der Waals surface area contributed by atoms with Gasteiger partial charge in [0.05, 0.1) is 0 Å². The molecule has 2 aliphatic rings. The minimum atomic E-state index is -3.47. The molecule has 1 aromatic heterocycles. The molecule has 0 bridgehead atoms. The summed E-state index contributed by atoms with van der Waals surface area (Å²) in [5.74, 6) is 0.938. The number of aromatic nitrogens is 1. The highest BCUT2D eigenvalue weighted by molar-refractivity contribution is 7.89. The van der Waals surface area contributed by atoms with Crippen molar-refractivity contribution in [2.45, 2.75) is 63.3 Å². The molecule has 5 nitrogen and oxygen atoms in total. The summed E-state index contributed by atoms with van der Waals surface area (Å²) >= 11 is 0. The molecule has 0 unspecified atom stereocenters. The lowest BCUT2D eigenvalue weighted by atomic mass is 9.79. The van der Waals surface area contributed by atoms with E-state index in [1.807, 2.05) is 0 Å². The van der Waals surface area contributed by atoms with Gasteiger partial charge < -0.3 is 4.52 Å². The maximum absolute atomic E-state index is 13.0. The van der Waals surface area contributed by atoms with Gasteiger partial charge in [0.25, 0.3) is 0 Å². The Bertz CT molecular complexity index is 572. The van der Waals surface area contributed by atoms with Gasteiger partial charge in [-0.05, 0) is 45.4 Å². The Balaban J connectivity index is 1.98. The molecule has 0 amide bonds. The van der Waals surface area contributed by atoms with E-state index >= 15 is 0 Å². The molecule has 2 heterocycles. The van der Waals surface area contributed by atoms with E-state index < -0.39 is 10.0 Å². The zero-order chi connectivity index (χ0) is 14.3. The smallest absolute Gasteiger partial charge is 0.248 e. The number of hydrogen-bond acceptors (Lipinski definition) is 4. The number of piperidine rings is 1. The average Bonchev–Trinajstić information content (AvgIpc) is 2.78. The second kappa shape index (κ2) is 5.15. The molecule has 3 rings (SSSR count). The standard InChI is InChI=1S/C14H22N2O3S/c1-10-14(11(2)19-15-10)20(17,18)16-9-5-7-12-6-3-4-8-13(12)16/h12-13H,3-9H2,1-2H3/t12-,13+/m0/s1. The molecule has 0 spiro atoms. The van der Waals surface area contributed by atoms with Crippen LogP contribution in [-0.4, -0.2) is 30.5 Å². The molecule has 1 aliphatic carbocycles. The molecule has 20 heavy (non-hydrogen) atoms. The molecule has 0 radical (unpaired) electrons. The van der Waals surface area contributed by atoms with E-state index in [2.05, 4.69) is 5.16 Å². The zero-order valence-electron chi connectivity index (χ0n) is 12.1. The molecule has 0 aromatic carbocycles. The van der Waals surface area contributed by atoms with Crippen LogP contribution in [0.5, 0.6) is 0 Å². The third-order valence-corrected chi connectivity index (χ3v) is 6.90. The van der Waals surface area contributed by atoms with E-state index in [9.17, 15) is 8.42 Å². The molecule has 112 valence electrons. The van der Waals surface area contributed by atoms with Crippen molar-refractivity contribution < 1.29 is 12.9 Å². The number of sulfonamides is 1. The molecule has 1 aromatic rings. The summed E-state index contributed by atoms with van der Waals surface area (Å²) in [5, 5.41) is 3.80. The van der Waals surface area contributed by atoms with E-state index in [0.717, 1.165) is 32.1 Å². The first-order valence-corrected chi connectivity index (χ1v) is 8.90. The van der Waals surface area contributed by atoms with Crippen LogP contribution in [0.1, 0.15) is 50.0 Å². The van der Waals surface area contributed by atoms with Crippen LogP contribution in [0.2, 0.25) is 0 Å². The largest absolute Gasteiger partial charge is 0.360 e. The van der Waals surface area contributed by atoms with Gasteiger partial charge in [-0.1, -0.05) is 18.0 Å². The predicted octanol–water partition coefficient (Wildman–Crippen LogP) is 2.63. The second-order valence-electron chi connectivity index (χ2n) is 6.02. The van der Waals surface area contributed by atoms with Crippen LogP contribution in [-0.2, 0) is 10.0 Å². The zero-order valence-corrected chi connectivity index (χ0v) is 12.9. The van der Waals surface area contributed by atoms with Crippen molar-refractivity contribution in [3.63, 3.8) is 0 Å². The topological polar surface area (TPSA) is 63.4 Å². The van der Waals surface area contributed by atoms with Crippen LogP contribution in [0, 0.1) is 19.8 Å². The van der Waals surface area contributed by atoms with Crippen LogP contribution in [0.25, 0.3) is 0 Å². The van der Waals surface area contributed by atoms with Crippen LogP contribution in [0.15, 0.2) is 9.42 Å². The number of fused-ring (bicyclic) bond motifs is 1. The second-order valence-corrected chi connectivity index (χ2v) is 7.85. The van der Waals surface area contributed by atoms with Crippen LogP contribution in [0.3, 0.4) is 0 Å². The molecule has 1 saturated carbocycles. The van der Waals surface area contributed by atoms with Crippen LogP contribution in [0.4, 0.5) is 0 Å². The Morgan fingerprint density at radius 2 is 1.85 bits per heavy atom. The predicted molar refractivity (Wildman–Crippen MR) is 74.8 cm³/mol. The van der Waals surface area contributed by atoms with Crippen molar-refractivity contribution >= 4 is 10.0 Å². The minimum Gasteiger partial charge on any atom is -0.360 e. The van der Waals surface area contributed by atoms with Crippen LogP contribution < -0.4 is 0 Å². The van der Waals surface area contributed by atoms with E-state index in [1.165, 1.54) is 6.42 Å². The van der Waals surface area contributed by atoms with Crippen molar-refractivity contribution in [2.75, 3.05) is 6.54 Å². The van der Waals surface area contributed by atoms with E-state index in [4.69, 9.17) is 4.52 Å². The fourth-order valence-electron chi connectivity index (χ4n) is 3.84. The van der Waals surface area contributed by atoms with Crippen molar-refractivity contribution in [1.29, 1.82) is 0 Å². The normalized spacial score (nSPS) is 28.3. The molecule has 2 atom stereocenters. The average molecular weight is 298 g/mol. The first kappa shape index (κ1) is 14.1. The lowest BCUT2D eigenvalue weighted by molar-refractivity contribution is 0.129. The van der Waals surface area contributed by atoms with Gasteiger partial charge in [-0.25, -0.2) is 8.42 Å². The minimum absolute atomic E-state index is 0.177. The summed E-state index contributed by atoms with van der Waals surface area (Å²) in [4.78, 5) is 0.281. The highest BCUT2D eigenvalue weighted by Gasteiger charge is 2.41. The molecule has 0 N–H and O–H groups in total. The number of hydrogen-bond donors (Lipinski definition) is 0. The summed E-state index contributed by atoms with van der Waals surface area (Å²) in [5.41, 5.74) is 0.473. The first-order valence-electron chi connectivity index (χ1n) is 7.46. The van der Waals surface area contributed by atoms with Crippen molar-refractivity contribution in [3.8, 4) is 0 Å². The number of nitrogens with zero attached hydrogens (tertiary/aromatic N) is 2. The van der Waals surface area contributed by atoms with Gasteiger partial charge in [0.15, 0.2) is 5.76 Å². The highest BCUT2D eigenvalue weighted by Crippen LogP contribution is 2.38. The first-order chi connectivity index (χ1) is 9.51. The van der Waals surface area contributed by atoms with Crippen molar-refractivity contribution in [1.82, 2.24) is 9.46 Å². The molecule has 1 aliphatic heterocycles.